The zero-order valence-corrected chi connectivity index (χ0v) is 18.9. The van der Waals surface area contributed by atoms with Gasteiger partial charge in [0.05, 0.1) is 29.1 Å². The fraction of sp³-hybridized carbons (Fsp3) is 0.360. The quantitative estimate of drug-likeness (QED) is 0.579. The second-order valence-corrected chi connectivity index (χ2v) is 8.72. The Morgan fingerprint density at radius 1 is 1.11 bits per heavy atom. The van der Waals surface area contributed by atoms with Crippen molar-refractivity contribution in [3.05, 3.63) is 75.7 Å². The summed E-state index contributed by atoms with van der Waals surface area (Å²) in [6, 6.07) is 12.2. The van der Waals surface area contributed by atoms with E-state index in [9.17, 15) is 27.6 Å². The predicted molar refractivity (Wildman–Crippen MR) is 123 cm³/mol. The molecule has 2 aromatic carbocycles. The maximum Gasteiger partial charge on any atom is 0.416 e. The molecule has 2 heterocycles. The van der Waals surface area contributed by atoms with Gasteiger partial charge < -0.3 is 15.2 Å². The van der Waals surface area contributed by atoms with E-state index in [-0.39, 0.29) is 48.6 Å². The lowest BCUT2D eigenvalue weighted by Crippen LogP contribution is -2.44. The normalized spacial score (nSPS) is 16.4. The second kappa shape index (κ2) is 9.89. The SMILES string of the molecule is NC(=O)[C@H]1CCCN(C(=O)CCc2nc3cc(C(F)(F)F)ccc3n(Cc3ccccc3)c2=O)C1. The first kappa shape index (κ1) is 24.4. The van der Waals surface area contributed by atoms with Gasteiger partial charge in [0.2, 0.25) is 11.8 Å². The maximum absolute atomic E-state index is 13.3. The predicted octanol–water partition coefficient (Wildman–Crippen LogP) is 3.12. The number of aromatic nitrogens is 2. The summed E-state index contributed by atoms with van der Waals surface area (Å²) in [5, 5.41) is 0. The molecular formula is C25H25F3N4O3. The molecule has 0 bridgehead atoms. The lowest BCUT2D eigenvalue weighted by molar-refractivity contribution is -0.137. The molecule has 35 heavy (non-hydrogen) atoms. The molecule has 1 aliphatic heterocycles. The minimum absolute atomic E-state index is 0.0181. The number of primary amides is 1. The molecule has 0 radical (unpaired) electrons. The molecule has 2 amide bonds. The number of halogens is 3. The van der Waals surface area contributed by atoms with E-state index in [0.29, 0.717) is 19.4 Å². The van der Waals surface area contributed by atoms with Gasteiger partial charge in [-0.3, -0.25) is 14.4 Å². The third-order valence-corrected chi connectivity index (χ3v) is 6.28. The number of nitrogens with zero attached hydrogens (tertiary/aromatic N) is 3. The fourth-order valence-electron chi connectivity index (χ4n) is 4.38. The highest BCUT2D eigenvalue weighted by Gasteiger charge is 2.31. The summed E-state index contributed by atoms with van der Waals surface area (Å²) >= 11 is 0. The number of carbonyl (C=O) groups is 2. The molecule has 1 aromatic heterocycles. The molecule has 0 spiro atoms. The molecule has 1 saturated heterocycles. The fourth-order valence-corrected chi connectivity index (χ4v) is 4.38. The van der Waals surface area contributed by atoms with Crippen LogP contribution in [0.3, 0.4) is 0 Å². The first-order valence-electron chi connectivity index (χ1n) is 11.3. The Balaban J connectivity index is 1.66. The molecule has 1 fully saturated rings. The van der Waals surface area contributed by atoms with E-state index in [0.717, 1.165) is 17.7 Å². The van der Waals surface area contributed by atoms with Gasteiger partial charge in [0.1, 0.15) is 5.69 Å². The highest BCUT2D eigenvalue weighted by Crippen LogP contribution is 2.31. The first-order chi connectivity index (χ1) is 16.6. The molecule has 1 aliphatic rings. The van der Waals surface area contributed by atoms with Gasteiger partial charge in [-0.25, -0.2) is 4.98 Å². The Morgan fingerprint density at radius 3 is 2.54 bits per heavy atom. The van der Waals surface area contributed by atoms with Crippen molar-refractivity contribution in [3.8, 4) is 0 Å². The lowest BCUT2D eigenvalue weighted by Gasteiger charge is -2.31. The molecule has 3 aromatic rings. The van der Waals surface area contributed by atoms with Crippen LogP contribution in [0.5, 0.6) is 0 Å². The molecule has 0 saturated carbocycles. The van der Waals surface area contributed by atoms with Crippen LogP contribution in [0.25, 0.3) is 11.0 Å². The smallest absolute Gasteiger partial charge is 0.369 e. The molecule has 0 unspecified atom stereocenters. The van der Waals surface area contributed by atoms with E-state index in [1.54, 1.807) is 4.90 Å². The molecular weight excluding hydrogens is 461 g/mol. The van der Waals surface area contributed by atoms with E-state index in [4.69, 9.17) is 5.73 Å². The van der Waals surface area contributed by atoms with Crippen molar-refractivity contribution >= 4 is 22.8 Å². The Kier molecular flexibility index (Phi) is 6.90. The number of piperidine rings is 1. The number of nitrogens with two attached hydrogens (primary N) is 1. The van der Waals surface area contributed by atoms with E-state index < -0.39 is 29.1 Å². The van der Waals surface area contributed by atoms with Gasteiger partial charge in [-0.15, -0.1) is 0 Å². The van der Waals surface area contributed by atoms with Crippen LogP contribution in [0, 0.1) is 5.92 Å². The van der Waals surface area contributed by atoms with Crippen molar-refractivity contribution in [2.24, 2.45) is 11.7 Å². The third kappa shape index (κ3) is 5.52. The van der Waals surface area contributed by atoms with Crippen molar-refractivity contribution < 1.29 is 22.8 Å². The van der Waals surface area contributed by atoms with E-state index >= 15 is 0 Å². The Labute approximate surface area is 199 Å². The Hall–Kier alpha value is -3.69. The minimum Gasteiger partial charge on any atom is -0.369 e. The number of fused-ring (bicyclic) bond motifs is 1. The van der Waals surface area contributed by atoms with Gasteiger partial charge in [0, 0.05) is 25.9 Å². The molecule has 4 rings (SSSR count). The van der Waals surface area contributed by atoms with Crippen LogP contribution in [0.1, 0.15) is 36.1 Å². The average molecular weight is 486 g/mol. The first-order valence-corrected chi connectivity index (χ1v) is 11.3. The van der Waals surface area contributed by atoms with Crippen molar-refractivity contribution in [3.63, 3.8) is 0 Å². The topological polar surface area (TPSA) is 98.3 Å². The van der Waals surface area contributed by atoms with Crippen molar-refractivity contribution in [1.82, 2.24) is 14.5 Å². The highest BCUT2D eigenvalue weighted by atomic mass is 19.4. The minimum atomic E-state index is -4.56. The number of rotatable bonds is 6. The Morgan fingerprint density at radius 2 is 1.86 bits per heavy atom. The van der Waals surface area contributed by atoms with E-state index in [2.05, 4.69) is 4.98 Å². The number of amides is 2. The van der Waals surface area contributed by atoms with Crippen LogP contribution in [-0.2, 0) is 28.7 Å². The maximum atomic E-state index is 13.3. The van der Waals surface area contributed by atoms with Crippen LogP contribution in [-0.4, -0.2) is 39.4 Å². The molecule has 2 N–H and O–H groups in total. The van der Waals surface area contributed by atoms with Crippen LogP contribution in [0.2, 0.25) is 0 Å². The number of aryl methyl sites for hydroxylation is 1. The number of likely N-dealkylation sites (tertiary alicyclic amines) is 1. The van der Waals surface area contributed by atoms with Gasteiger partial charge >= 0.3 is 6.18 Å². The molecule has 0 aliphatic carbocycles. The second-order valence-electron chi connectivity index (χ2n) is 8.72. The Bertz CT molecular complexity index is 1310. The van der Waals surface area contributed by atoms with Crippen molar-refractivity contribution in [2.45, 2.75) is 38.4 Å². The van der Waals surface area contributed by atoms with Gasteiger partial charge in [-0.1, -0.05) is 30.3 Å². The van der Waals surface area contributed by atoms with Crippen molar-refractivity contribution in [2.75, 3.05) is 13.1 Å². The summed E-state index contributed by atoms with van der Waals surface area (Å²) in [6.07, 6.45) is -3.37. The molecule has 10 heteroatoms. The zero-order chi connectivity index (χ0) is 25.2. The van der Waals surface area contributed by atoms with Crippen LogP contribution < -0.4 is 11.3 Å². The van der Waals surface area contributed by atoms with Crippen LogP contribution in [0.15, 0.2) is 53.3 Å². The third-order valence-electron chi connectivity index (χ3n) is 6.28. The summed E-state index contributed by atoms with van der Waals surface area (Å²) in [5.74, 6) is -1.12. The van der Waals surface area contributed by atoms with Crippen molar-refractivity contribution in [1.29, 1.82) is 0 Å². The number of alkyl halides is 3. The average Bonchev–Trinajstić information content (AvgIpc) is 2.84. The largest absolute Gasteiger partial charge is 0.416 e. The monoisotopic (exact) mass is 486 g/mol. The van der Waals surface area contributed by atoms with Gasteiger partial charge in [0.25, 0.3) is 5.56 Å². The number of hydrogen-bond donors (Lipinski definition) is 1. The zero-order valence-electron chi connectivity index (χ0n) is 18.9. The van der Waals surface area contributed by atoms with Gasteiger partial charge in [-0.2, -0.15) is 13.2 Å². The summed E-state index contributed by atoms with van der Waals surface area (Å²) < 4.78 is 41.3. The van der Waals surface area contributed by atoms with E-state index in [1.807, 2.05) is 30.3 Å². The molecule has 1 atom stereocenters. The number of carbonyl (C=O) groups excluding carboxylic acids is 2. The standard InChI is InChI=1S/C25H25F3N4O3/c26-25(27,28)18-8-10-21-20(13-18)30-19(24(35)32(21)14-16-5-2-1-3-6-16)9-11-22(33)31-12-4-7-17(15-31)23(29)34/h1-3,5-6,8,10,13,17H,4,7,9,11-12,14-15H2,(H2,29,34)/t17-/m0/s1. The van der Waals surface area contributed by atoms with Gasteiger partial charge in [0.15, 0.2) is 0 Å². The lowest BCUT2D eigenvalue weighted by atomic mass is 9.97. The molecule has 184 valence electrons. The summed E-state index contributed by atoms with van der Waals surface area (Å²) in [7, 11) is 0. The van der Waals surface area contributed by atoms with Crippen LogP contribution in [0.4, 0.5) is 13.2 Å². The van der Waals surface area contributed by atoms with Crippen LogP contribution >= 0.6 is 0 Å². The molecule has 7 nitrogen and oxygen atoms in total. The highest BCUT2D eigenvalue weighted by molar-refractivity contribution is 5.80. The number of hydrogen-bond acceptors (Lipinski definition) is 4. The van der Waals surface area contributed by atoms with Gasteiger partial charge in [-0.05, 0) is 36.6 Å². The summed E-state index contributed by atoms with van der Waals surface area (Å²) in [5.41, 5.74) is 5.19. The summed E-state index contributed by atoms with van der Waals surface area (Å²) in [6.45, 7) is 0.866. The summed E-state index contributed by atoms with van der Waals surface area (Å²) in [4.78, 5) is 43.3. The number of benzene rings is 2. The van der Waals surface area contributed by atoms with E-state index in [1.165, 1.54) is 10.6 Å².